The summed E-state index contributed by atoms with van der Waals surface area (Å²) in [7, 11) is 3.50. The van der Waals surface area contributed by atoms with E-state index in [1.807, 2.05) is 24.3 Å². The van der Waals surface area contributed by atoms with E-state index in [1.165, 1.54) is 25.7 Å². The minimum atomic E-state index is 0.0772. The fourth-order valence-electron chi connectivity index (χ4n) is 2.90. The molecule has 1 fully saturated rings. The molecule has 0 heterocycles. The van der Waals surface area contributed by atoms with Crippen molar-refractivity contribution < 1.29 is 9.59 Å². The number of hydrogen-bond donors (Lipinski definition) is 1. The van der Waals surface area contributed by atoms with Crippen molar-refractivity contribution in [1.82, 2.24) is 4.90 Å². The van der Waals surface area contributed by atoms with Crippen LogP contribution < -0.4 is 5.32 Å². The monoisotopic (exact) mass is 302 g/mol. The lowest BCUT2D eigenvalue weighted by molar-refractivity contribution is -0.128. The quantitative estimate of drug-likeness (QED) is 0.877. The Hall–Kier alpha value is -1.84. The van der Waals surface area contributed by atoms with Gasteiger partial charge in [0, 0.05) is 26.2 Å². The maximum absolute atomic E-state index is 11.9. The number of carbonyl (C=O) groups excluding carboxylic acids is 2. The Morgan fingerprint density at radius 2 is 1.77 bits per heavy atom. The highest BCUT2D eigenvalue weighted by molar-refractivity contribution is 5.90. The van der Waals surface area contributed by atoms with Gasteiger partial charge in [-0.05, 0) is 30.0 Å². The number of anilines is 1. The van der Waals surface area contributed by atoms with Gasteiger partial charge >= 0.3 is 0 Å². The van der Waals surface area contributed by atoms with Crippen LogP contribution in [0.3, 0.4) is 0 Å². The first-order chi connectivity index (χ1) is 10.5. The van der Waals surface area contributed by atoms with Gasteiger partial charge in [0.05, 0.1) is 6.42 Å². The van der Waals surface area contributed by atoms with E-state index in [-0.39, 0.29) is 11.8 Å². The van der Waals surface area contributed by atoms with Gasteiger partial charge in [0.15, 0.2) is 0 Å². The third kappa shape index (κ3) is 5.17. The van der Waals surface area contributed by atoms with Crippen molar-refractivity contribution in [3.8, 4) is 0 Å². The van der Waals surface area contributed by atoms with Gasteiger partial charge in [-0.15, -0.1) is 0 Å². The van der Waals surface area contributed by atoms with E-state index >= 15 is 0 Å². The zero-order chi connectivity index (χ0) is 15.9. The maximum Gasteiger partial charge on any atom is 0.226 e. The lowest BCUT2D eigenvalue weighted by Crippen LogP contribution is -2.23. The summed E-state index contributed by atoms with van der Waals surface area (Å²) in [5.41, 5.74) is 1.76. The number of carbonyl (C=O) groups is 2. The molecule has 0 saturated heterocycles. The van der Waals surface area contributed by atoms with Crippen molar-refractivity contribution in [1.29, 1.82) is 0 Å². The van der Waals surface area contributed by atoms with Gasteiger partial charge in [-0.25, -0.2) is 0 Å². The molecule has 0 spiro atoms. The molecule has 0 bridgehead atoms. The van der Waals surface area contributed by atoms with E-state index < -0.39 is 0 Å². The van der Waals surface area contributed by atoms with Gasteiger partial charge < -0.3 is 10.2 Å². The molecular weight excluding hydrogens is 276 g/mol. The standard InChI is InChI=1S/C18H26N2O2/c1-20(2)18(22)13-15-7-10-16(11-8-15)19-17(21)12-9-14-5-3-4-6-14/h7-8,10-11,14H,3-6,9,12-13H2,1-2H3,(H,19,21). The zero-order valence-corrected chi connectivity index (χ0v) is 13.6. The summed E-state index contributed by atoms with van der Waals surface area (Å²) in [6.07, 6.45) is 7.19. The van der Waals surface area contributed by atoms with Crippen LogP contribution in [0.25, 0.3) is 0 Å². The molecule has 0 aliphatic heterocycles. The van der Waals surface area contributed by atoms with Gasteiger partial charge in [0.25, 0.3) is 0 Å². The van der Waals surface area contributed by atoms with Crippen LogP contribution in [0.4, 0.5) is 5.69 Å². The average molecular weight is 302 g/mol. The van der Waals surface area contributed by atoms with Crippen LogP contribution in [0.15, 0.2) is 24.3 Å². The Kier molecular flexibility index (Phi) is 5.99. The molecule has 2 rings (SSSR count). The average Bonchev–Trinajstić information content (AvgIpc) is 3.00. The molecule has 22 heavy (non-hydrogen) atoms. The Morgan fingerprint density at radius 1 is 1.14 bits per heavy atom. The highest BCUT2D eigenvalue weighted by atomic mass is 16.2. The summed E-state index contributed by atoms with van der Waals surface area (Å²) in [6.45, 7) is 0. The molecule has 0 aromatic heterocycles. The molecule has 4 nitrogen and oxygen atoms in total. The van der Waals surface area contributed by atoms with Gasteiger partial charge in [0.2, 0.25) is 11.8 Å². The highest BCUT2D eigenvalue weighted by Gasteiger charge is 2.16. The molecule has 0 radical (unpaired) electrons. The Balaban J connectivity index is 1.77. The third-order valence-corrected chi connectivity index (χ3v) is 4.35. The minimum Gasteiger partial charge on any atom is -0.349 e. The molecule has 1 N–H and O–H groups in total. The van der Waals surface area contributed by atoms with Crippen molar-refractivity contribution in [2.24, 2.45) is 5.92 Å². The normalized spacial score (nSPS) is 14.8. The first kappa shape index (κ1) is 16.5. The predicted octanol–water partition coefficient (Wildman–Crippen LogP) is 3.23. The van der Waals surface area contributed by atoms with Crippen LogP contribution in [-0.4, -0.2) is 30.8 Å². The molecule has 1 aromatic rings. The van der Waals surface area contributed by atoms with Crippen LogP contribution in [0, 0.1) is 5.92 Å². The van der Waals surface area contributed by atoms with Crippen molar-refractivity contribution in [2.75, 3.05) is 19.4 Å². The second-order valence-electron chi connectivity index (χ2n) is 6.40. The van der Waals surface area contributed by atoms with Crippen LogP contribution in [0.5, 0.6) is 0 Å². The van der Waals surface area contributed by atoms with Crippen molar-refractivity contribution in [2.45, 2.75) is 44.9 Å². The number of rotatable bonds is 6. The van der Waals surface area contributed by atoms with Crippen LogP contribution in [0.1, 0.15) is 44.1 Å². The SMILES string of the molecule is CN(C)C(=O)Cc1ccc(NC(=O)CCC2CCCC2)cc1. The molecule has 0 atom stereocenters. The molecule has 1 saturated carbocycles. The van der Waals surface area contributed by atoms with Crippen molar-refractivity contribution >= 4 is 17.5 Å². The zero-order valence-electron chi connectivity index (χ0n) is 13.6. The van der Waals surface area contributed by atoms with E-state index in [0.29, 0.717) is 12.8 Å². The fraction of sp³-hybridized carbons (Fsp3) is 0.556. The minimum absolute atomic E-state index is 0.0772. The highest BCUT2D eigenvalue weighted by Crippen LogP contribution is 2.28. The lowest BCUT2D eigenvalue weighted by Gasteiger charge is -2.11. The van der Waals surface area contributed by atoms with E-state index in [9.17, 15) is 9.59 Å². The smallest absolute Gasteiger partial charge is 0.226 e. The topological polar surface area (TPSA) is 49.4 Å². The van der Waals surface area contributed by atoms with Crippen LogP contribution >= 0.6 is 0 Å². The molecule has 0 unspecified atom stereocenters. The molecule has 2 amide bonds. The summed E-state index contributed by atoms with van der Waals surface area (Å²) < 4.78 is 0. The molecule has 120 valence electrons. The second-order valence-corrected chi connectivity index (χ2v) is 6.40. The summed E-state index contributed by atoms with van der Waals surface area (Å²) in [5.74, 6) is 0.905. The summed E-state index contributed by atoms with van der Waals surface area (Å²) >= 11 is 0. The Morgan fingerprint density at radius 3 is 2.36 bits per heavy atom. The van der Waals surface area contributed by atoms with E-state index in [4.69, 9.17) is 0 Å². The number of likely N-dealkylation sites (N-methyl/N-ethyl adjacent to an activating group) is 1. The van der Waals surface area contributed by atoms with Crippen molar-refractivity contribution in [3.05, 3.63) is 29.8 Å². The second kappa shape index (κ2) is 7.97. The van der Waals surface area contributed by atoms with Gasteiger partial charge in [-0.3, -0.25) is 9.59 Å². The number of nitrogens with one attached hydrogen (secondary N) is 1. The number of benzene rings is 1. The third-order valence-electron chi connectivity index (χ3n) is 4.35. The maximum atomic E-state index is 11.9. The summed E-state index contributed by atoms with van der Waals surface area (Å²) in [6, 6.07) is 7.53. The molecule has 4 heteroatoms. The fourth-order valence-corrected chi connectivity index (χ4v) is 2.90. The number of hydrogen-bond acceptors (Lipinski definition) is 2. The molecule has 1 aliphatic rings. The summed E-state index contributed by atoms with van der Waals surface area (Å²) in [5, 5.41) is 2.93. The predicted molar refractivity (Wildman–Crippen MR) is 88.7 cm³/mol. The van der Waals surface area contributed by atoms with E-state index in [2.05, 4.69) is 5.32 Å². The van der Waals surface area contributed by atoms with Gasteiger partial charge in [0.1, 0.15) is 0 Å². The molecular formula is C18H26N2O2. The number of nitrogens with zero attached hydrogens (tertiary/aromatic N) is 1. The number of amides is 2. The van der Waals surface area contributed by atoms with E-state index in [0.717, 1.165) is 23.6 Å². The van der Waals surface area contributed by atoms with E-state index in [1.54, 1.807) is 19.0 Å². The van der Waals surface area contributed by atoms with Gasteiger partial charge in [-0.1, -0.05) is 37.8 Å². The van der Waals surface area contributed by atoms with Crippen LogP contribution in [0.2, 0.25) is 0 Å². The lowest BCUT2D eigenvalue weighted by atomic mass is 10.0. The van der Waals surface area contributed by atoms with Crippen molar-refractivity contribution in [3.63, 3.8) is 0 Å². The molecule has 1 aliphatic carbocycles. The van der Waals surface area contributed by atoms with Gasteiger partial charge in [-0.2, -0.15) is 0 Å². The Bertz CT molecular complexity index is 502. The summed E-state index contributed by atoms with van der Waals surface area (Å²) in [4.78, 5) is 25.2. The molecule has 1 aromatic carbocycles. The first-order valence-corrected chi connectivity index (χ1v) is 8.13. The first-order valence-electron chi connectivity index (χ1n) is 8.13. The Labute approximate surface area is 132 Å². The van der Waals surface area contributed by atoms with Crippen LogP contribution in [-0.2, 0) is 16.0 Å². The largest absolute Gasteiger partial charge is 0.349 e.